The van der Waals surface area contributed by atoms with Crippen LogP contribution in [0.15, 0.2) is 42.0 Å². The van der Waals surface area contributed by atoms with E-state index in [0.717, 1.165) is 30.8 Å². The zero-order valence-electron chi connectivity index (χ0n) is 12.5. The second kappa shape index (κ2) is 9.17. The smallest absolute Gasteiger partial charge is 0.187 e. The van der Waals surface area contributed by atoms with Crippen LogP contribution in [0.1, 0.15) is 18.4 Å². The van der Waals surface area contributed by atoms with Gasteiger partial charge >= 0.3 is 0 Å². The second-order valence-electron chi connectivity index (χ2n) is 4.89. The molecule has 22 heavy (non-hydrogen) atoms. The molecule has 0 radical (unpaired) electrons. The minimum atomic E-state index is 0.252. The number of hydrogen-bond donors (Lipinski definition) is 2. The summed E-state index contributed by atoms with van der Waals surface area (Å²) in [4.78, 5) is 0. The molecule has 0 aliphatic carbocycles. The van der Waals surface area contributed by atoms with Crippen molar-refractivity contribution in [3.8, 4) is 5.75 Å². The third kappa shape index (κ3) is 5.83. The SMILES string of the molecule is C=CCOc1cccc(/C=N\NC(=S)NC[C@H]2CCCO2)c1. The monoisotopic (exact) mass is 319 g/mol. The van der Waals surface area contributed by atoms with Gasteiger partial charge in [0.05, 0.1) is 12.3 Å². The van der Waals surface area contributed by atoms with Crippen molar-refractivity contribution in [1.29, 1.82) is 0 Å². The molecule has 1 aromatic rings. The molecule has 0 saturated carbocycles. The van der Waals surface area contributed by atoms with Crippen LogP contribution in [0.4, 0.5) is 0 Å². The number of ether oxygens (including phenoxy) is 2. The number of rotatable bonds is 7. The molecular formula is C16H21N3O2S. The Bertz CT molecular complexity index is 528. The first-order valence-electron chi connectivity index (χ1n) is 7.30. The number of nitrogens with zero attached hydrogens (tertiary/aromatic N) is 1. The number of hydrazone groups is 1. The van der Waals surface area contributed by atoms with Crippen LogP contribution in [0.5, 0.6) is 5.75 Å². The van der Waals surface area contributed by atoms with Crippen LogP contribution in [0.3, 0.4) is 0 Å². The molecule has 118 valence electrons. The quantitative estimate of drug-likeness (QED) is 0.349. The van der Waals surface area contributed by atoms with E-state index in [-0.39, 0.29) is 6.10 Å². The van der Waals surface area contributed by atoms with Crippen LogP contribution in [0.25, 0.3) is 0 Å². The highest BCUT2D eigenvalue weighted by Gasteiger charge is 2.14. The van der Waals surface area contributed by atoms with Gasteiger partial charge in [-0.15, -0.1) is 0 Å². The molecule has 1 aliphatic rings. The van der Waals surface area contributed by atoms with E-state index in [2.05, 4.69) is 22.4 Å². The summed E-state index contributed by atoms with van der Waals surface area (Å²) in [6, 6.07) is 7.64. The van der Waals surface area contributed by atoms with Gasteiger partial charge in [-0.1, -0.05) is 24.8 Å². The van der Waals surface area contributed by atoms with Crippen LogP contribution in [-0.4, -0.2) is 37.2 Å². The zero-order valence-corrected chi connectivity index (χ0v) is 13.3. The first-order valence-corrected chi connectivity index (χ1v) is 7.71. The van der Waals surface area contributed by atoms with Crippen molar-refractivity contribution in [1.82, 2.24) is 10.7 Å². The summed E-state index contributed by atoms with van der Waals surface area (Å²) in [6.45, 7) is 5.66. The number of hydrogen-bond acceptors (Lipinski definition) is 4. The molecular weight excluding hydrogens is 298 g/mol. The first kappa shape index (κ1) is 16.5. The Kier molecular flexibility index (Phi) is 6.86. The van der Waals surface area contributed by atoms with Gasteiger partial charge in [0.2, 0.25) is 0 Å². The molecule has 1 saturated heterocycles. The maximum Gasteiger partial charge on any atom is 0.187 e. The summed E-state index contributed by atoms with van der Waals surface area (Å²) in [5, 5.41) is 7.70. The van der Waals surface area contributed by atoms with Gasteiger partial charge in [-0.05, 0) is 42.8 Å². The van der Waals surface area contributed by atoms with E-state index in [1.54, 1.807) is 12.3 Å². The summed E-state index contributed by atoms with van der Waals surface area (Å²) < 4.78 is 11.0. The average Bonchev–Trinajstić information content (AvgIpc) is 3.05. The fourth-order valence-corrected chi connectivity index (χ4v) is 2.19. The molecule has 2 N–H and O–H groups in total. The molecule has 1 heterocycles. The third-order valence-corrected chi connectivity index (χ3v) is 3.36. The summed E-state index contributed by atoms with van der Waals surface area (Å²) in [6.07, 6.45) is 5.86. The Morgan fingerprint density at radius 2 is 2.45 bits per heavy atom. The van der Waals surface area contributed by atoms with E-state index < -0.39 is 0 Å². The minimum Gasteiger partial charge on any atom is -0.490 e. The molecule has 0 aromatic heterocycles. The predicted octanol–water partition coefficient (Wildman–Crippen LogP) is 2.23. The van der Waals surface area contributed by atoms with Crippen LogP contribution >= 0.6 is 12.2 Å². The molecule has 1 atom stereocenters. The van der Waals surface area contributed by atoms with Gasteiger partial charge in [0.1, 0.15) is 12.4 Å². The minimum absolute atomic E-state index is 0.252. The van der Waals surface area contributed by atoms with Gasteiger partial charge in [-0.2, -0.15) is 5.10 Å². The van der Waals surface area contributed by atoms with E-state index in [0.29, 0.717) is 18.3 Å². The highest BCUT2D eigenvalue weighted by Crippen LogP contribution is 2.12. The summed E-state index contributed by atoms with van der Waals surface area (Å²) >= 11 is 5.16. The molecule has 1 fully saturated rings. The number of nitrogens with one attached hydrogen (secondary N) is 2. The molecule has 0 bridgehead atoms. The normalized spacial score (nSPS) is 17.4. The van der Waals surface area contributed by atoms with Gasteiger partial charge in [0, 0.05) is 13.2 Å². The van der Waals surface area contributed by atoms with E-state index in [9.17, 15) is 0 Å². The lowest BCUT2D eigenvalue weighted by Gasteiger charge is -2.11. The highest BCUT2D eigenvalue weighted by atomic mass is 32.1. The lowest BCUT2D eigenvalue weighted by Crippen LogP contribution is -2.37. The standard InChI is InChI=1S/C16H21N3O2S/c1-2-8-20-14-6-3-5-13(10-14)11-18-19-16(22)17-12-15-7-4-9-21-15/h2-3,5-6,10-11,15H,1,4,7-9,12H2,(H2,17,19,22)/b18-11-/t15-/m1/s1. The molecule has 0 amide bonds. The fraction of sp³-hybridized carbons (Fsp3) is 0.375. The lowest BCUT2D eigenvalue weighted by molar-refractivity contribution is 0.114. The molecule has 1 aliphatic heterocycles. The highest BCUT2D eigenvalue weighted by molar-refractivity contribution is 7.80. The van der Waals surface area contributed by atoms with Gasteiger partial charge in [0.15, 0.2) is 5.11 Å². The van der Waals surface area contributed by atoms with Crippen LogP contribution in [0, 0.1) is 0 Å². The van der Waals surface area contributed by atoms with Crippen molar-refractivity contribution in [2.45, 2.75) is 18.9 Å². The molecule has 6 heteroatoms. The Morgan fingerprint density at radius 1 is 1.55 bits per heavy atom. The Morgan fingerprint density at radius 3 is 3.23 bits per heavy atom. The molecule has 1 aromatic carbocycles. The summed E-state index contributed by atoms with van der Waals surface area (Å²) in [7, 11) is 0. The summed E-state index contributed by atoms with van der Waals surface area (Å²) in [5.74, 6) is 0.780. The topological polar surface area (TPSA) is 54.9 Å². The van der Waals surface area contributed by atoms with Gasteiger partial charge in [-0.25, -0.2) is 0 Å². The van der Waals surface area contributed by atoms with Crippen molar-refractivity contribution in [3.05, 3.63) is 42.5 Å². The second-order valence-corrected chi connectivity index (χ2v) is 5.30. The third-order valence-electron chi connectivity index (χ3n) is 3.12. The Balaban J connectivity index is 1.73. The van der Waals surface area contributed by atoms with Gasteiger partial charge in [-0.3, -0.25) is 5.43 Å². The average molecular weight is 319 g/mol. The predicted molar refractivity (Wildman–Crippen MR) is 92.4 cm³/mol. The van der Waals surface area contributed by atoms with Crippen molar-refractivity contribution in [3.63, 3.8) is 0 Å². The fourth-order valence-electron chi connectivity index (χ4n) is 2.06. The van der Waals surface area contributed by atoms with E-state index >= 15 is 0 Å². The van der Waals surface area contributed by atoms with E-state index in [1.807, 2.05) is 24.3 Å². The largest absolute Gasteiger partial charge is 0.490 e. The maximum atomic E-state index is 5.51. The van der Waals surface area contributed by atoms with E-state index in [1.165, 1.54) is 0 Å². The van der Waals surface area contributed by atoms with E-state index in [4.69, 9.17) is 21.7 Å². The lowest BCUT2D eigenvalue weighted by atomic mass is 10.2. The van der Waals surface area contributed by atoms with Gasteiger partial charge in [0.25, 0.3) is 0 Å². The zero-order chi connectivity index (χ0) is 15.6. The molecule has 2 rings (SSSR count). The maximum absolute atomic E-state index is 5.51. The Labute approximate surface area is 136 Å². The molecule has 0 unspecified atom stereocenters. The molecule has 5 nitrogen and oxygen atoms in total. The molecule has 0 spiro atoms. The van der Waals surface area contributed by atoms with Crippen molar-refractivity contribution >= 4 is 23.5 Å². The van der Waals surface area contributed by atoms with Crippen molar-refractivity contribution in [2.75, 3.05) is 19.8 Å². The number of benzene rings is 1. The van der Waals surface area contributed by atoms with Crippen LogP contribution in [-0.2, 0) is 4.74 Å². The Hall–Kier alpha value is -1.92. The van der Waals surface area contributed by atoms with Crippen molar-refractivity contribution < 1.29 is 9.47 Å². The summed E-state index contributed by atoms with van der Waals surface area (Å²) in [5.41, 5.74) is 3.72. The van der Waals surface area contributed by atoms with Gasteiger partial charge < -0.3 is 14.8 Å². The van der Waals surface area contributed by atoms with Crippen LogP contribution in [0.2, 0.25) is 0 Å². The first-order chi connectivity index (χ1) is 10.8. The van der Waals surface area contributed by atoms with Crippen molar-refractivity contribution in [2.24, 2.45) is 5.10 Å². The number of thiocarbonyl (C=S) groups is 1. The van der Waals surface area contributed by atoms with Crippen LogP contribution < -0.4 is 15.5 Å².